The average Bonchev–Trinajstić information content (AvgIpc) is 3.22. The van der Waals surface area contributed by atoms with E-state index in [-0.39, 0.29) is 44.3 Å². The Bertz CT molecular complexity index is 1600. The lowest BCUT2D eigenvalue weighted by molar-refractivity contribution is -0.144. The summed E-state index contributed by atoms with van der Waals surface area (Å²) in [5.74, 6) is -1.48. The highest BCUT2D eigenvalue weighted by molar-refractivity contribution is 6.30. The molecular weight excluding hydrogens is 585 g/mol. The number of carbonyl (C=O) groups excluding carboxylic acids is 4. The summed E-state index contributed by atoms with van der Waals surface area (Å²) in [4.78, 5) is 58.7. The first-order valence-corrected chi connectivity index (χ1v) is 15.0. The summed E-state index contributed by atoms with van der Waals surface area (Å²) in [5.41, 5.74) is 2.34. The van der Waals surface area contributed by atoms with Gasteiger partial charge in [0, 0.05) is 44.5 Å². The summed E-state index contributed by atoms with van der Waals surface area (Å²) in [5, 5.41) is 6.82. The third-order valence-corrected chi connectivity index (χ3v) is 9.12. The lowest BCUT2D eigenvalue weighted by atomic mass is 9.86. The van der Waals surface area contributed by atoms with Gasteiger partial charge in [0.25, 0.3) is 5.91 Å². The second-order valence-corrected chi connectivity index (χ2v) is 12.1. The van der Waals surface area contributed by atoms with Crippen LogP contribution < -0.4 is 10.6 Å². The van der Waals surface area contributed by atoms with Gasteiger partial charge in [0.2, 0.25) is 11.8 Å². The Kier molecular flexibility index (Phi) is 8.13. The molecule has 2 fully saturated rings. The number of halogens is 2. The van der Waals surface area contributed by atoms with Gasteiger partial charge in [-0.3, -0.25) is 19.3 Å². The van der Waals surface area contributed by atoms with Crippen LogP contribution in [0.5, 0.6) is 0 Å². The van der Waals surface area contributed by atoms with E-state index in [1.54, 1.807) is 29.2 Å². The standard InChI is InChI=1S/C33H33ClFN5O4/c1-38-31(43)33(18-22-8-12-26(35)13-9-22)20-39(14-15-40(33)32(38)44)30(42)28(16-21-6-10-25(34)11-7-21)37-29(41)27-17-23-4-2-3-5-24(23)19-36-27/h2-13,27-28,36H,14-20H2,1H3,(H,37,41)/t27-,28-,33-/m1/s1. The molecule has 3 aromatic carbocycles. The maximum absolute atomic E-state index is 14.3. The largest absolute Gasteiger partial charge is 0.343 e. The zero-order valence-electron chi connectivity index (χ0n) is 24.3. The second-order valence-electron chi connectivity index (χ2n) is 11.7. The summed E-state index contributed by atoms with van der Waals surface area (Å²) >= 11 is 6.10. The molecule has 0 spiro atoms. The molecule has 2 N–H and O–H groups in total. The second kappa shape index (κ2) is 12.0. The fourth-order valence-electron chi connectivity index (χ4n) is 6.50. The molecule has 0 aliphatic carbocycles. The average molecular weight is 618 g/mol. The predicted octanol–water partition coefficient (Wildman–Crippen LogP) is 2.94. The third kappa shape index (κ3) is 5.67. The maximum Gasteiger partial charge on any atom is 0.327 e. The summed E-state index contributed by atoms with van der Waals surface area (Å²) in [6, 6.07) is 18.9. The molecule has 11 heteroatoms. The van der Waals surface area contributed by atoms with Crippen molar-refractivity contribution < 1.29 is 23.6 Å². The molecule has 0 unspecified atom stereocenters. The summed E-state index contributed by atoms with van der Waals surface area (Å²) < 4.78 is 13.7. The summed E-state index contributed by atoms with van der Waals surface area (Å²) in [6.07, 6.45) is 0.820. The van der Waals surface area contributed by atoms with Crippen LogP contribution in [0.4, 0.5) is 9.18 Å². The Morgan fingerprint density at radius 3 is 2.41 bits per heavy atom. The number of hydrogen-bond donors (Lipinski definition) is 2. The van der Waals surface area contributed by atoms with Crippen LogP contribution in [0.2, 0.25) is 5.02 Å². The van der Waals surface area contributed by atoms with Crippen molar-refractivity contribution in [1.82, 2.24) is 25.3 Å². The molecule has 6 rings (SSSR count). The van der Waals surface area contributed by atoms with Gasteiger partial charge in [-0.15, -0.1) is 0 Å². The van der Waals surface area contributed by atoms with Gasteiger partial charge in [-0.25, -0.2) is 9.18 Å². The monoisotopic (exact) mass is 617 g/mol. The predicted molar refractivity (Wildman–Crippen MR) is 162 cm³/mol. The lowest BCUT2D eigenvalue weighted by Gasteiger charge is -2.45. The number of rotatable bonds is 7. The number of nitrogens with zero attached hydrogens (tertiary/aromatic N) is 3. The highest BCUT2D eigenvalue weighted by atomic mass is 35.5. The molecule has 3 aliphatic rings. The minimum atomic E-state index is -1.35. The molecule has 0 radical (unpaired) electrons. The number of amides is 5. The molecule has 3 heterocycles. The zero-order valence-corrected chi connectivity index (χ0v) is 25.0. The fraction of sp³-hybridized carbons (Fsp3) is 0.333. The van der Waals surface area contributed by atoms with Gasteiger partial charge >= 0.3 is 6.03 Å². The van der Waals surface area contributed by atoms with Crippen molar-refractivity contribution in [2.45, 2.75) is 43.4 Å². The molecule has 5 amide bonds. The molecule has 9 nitrogen and oxygen atoms in total. The van der Waals surface area contributed by atoms with Gasteiger partial charge in [0.15, 0.2) is 0 Å². The van der Waals surface area contributed by atoms with E-state index in [2.05, 4.69) is 10.6 Å². The first kappa shape index (κ1) is 29.8. The third-order valence-electron chi connectivity index (χ3n) is 8.87. The van der Waals surface area contributed by atoms with Crippen LogP contribution >= 0.6 is 11.6 Å². The van der Waals surface area contributed by atoms with E-state index in [0.29, 0.717) is 23.6 Å². The van der Waals surface area contributed by atoms with E-state index < -0.39 is 35.4 Å². The van der Waals surface area contributed by atoms with Crippen molar-refractivity contribution in [2.75, 3.05) is 26.7 Å². The van der Waals surface area contributed by atoms with E-state index >= 15 is 0 Å². The van der Waals surface area contributed by atoms with Crippen molar-refractivity contribution in [3.63, 3.8) is 0 Å². The molecule has 0 bridgehead atoms. The SMILES string of the molecule is CN1C(=O)N2CCN(C(=O)[C@@H](Cc3ccc(Cl)cc3)NC(=O)[C@H]3Cc4ccccc4CN3)C[C@]2(Cc2ccc(F)cc2)C1=O. The molecule has 0 aromatic heterocycles. The molecule has 0 saturated carbocycles. The van der Waals surface area contributed by atoms with Crippen molar-refractivity contribution in [3.05, 3.63) is 106 Å². The molecule has 228 valence electrons. The Morgan fingerprint density at radius 2 is 1.68 bits per heavy atom. The van der Waals surface area contributed by atoms with Crippen LogP contribution in [-0.4, -0.2) is 82.8 Å². The van der Waals surface area contributed by atoms with Crippen LogP contribution in [0.15, 0.2) is 72.8 Å². The molecule has 3 aromatic rings. The topological polar surface area (TPSA) is 102 Å². The van der Waals surface area contributed by atoms with Crippen LogP contribution in [0, 0.1) is 5.82 Å². The van der Waals surface area contributed by atoms with Gasteiger partial charge in [0.05, 0.1) is 12.6 Å². The number of fused-ring (bicyclic) bond motifs is 2. The van der Waals surface area contributed by atoms with Crippen molar-refractivity contribution in [1.29, 1.82) is 0 Å². The first-order chi connectivity index (χ1) is 21.1. The summed E-state index contributed by atoms with van der Waals surface area (Å²) in [6.45, 7) is 0.824. The quantitative estimate of drug-likeness (QED) is 0.397. The highest BCUT2D eigenvalue weighted by Gasteiger charge is 2.59. The number of nitrogens with one attached hydrogen (secondary N) is 2. The molecule has 3 atom stereocenters. The molecule has 2 saturated heterocycles. The number of urea groups is 1. The Morgan fingerprint density at radius 1 is 1.00 bits per heavy atom. The minimum absolute atomic E-state index is 0.0554. The van der Waals surface area contributed by atoms with E-state index in [9.17, 15) is 23.6 Å². The van der Waals surface area contributed by atoms with Gasteiger partial charge in [-0.2, -0.15) is 0 Å². The lowest BCUT2D eigenvalue weighted by Crippen LogP contribution is -2.67. The van der Waals surface area contributed by atoms with Crippen molar-refractivity contribution in [2.24, 2.45) is 0 Å². The van der Waals surface area contributed by atoms with Crippen LogP contribution in [0.3, 0.4) is 0 Å². The summed E-state index contributed by atoms with van der Waals surface area (Å²) in [7, 11) is 1.43. The van der Waals surface area contributed by atoms with Gasteiger partial charge in [-0.05, 0) is 52.9 Å². The molecule has 44 heavy (non-hydrogen) atoms. The Hall–Kier alpha value is -4.28. The van der Waals surface area contributed by atoms with Crippen molar-refractivity contribution in [3.8, 4) is 0 Å². The molecule has 3 aliphatic heterocycles. The number of benzene rings is 3. The highest BCUT2D eigenvalue weighted by Crippen LogP contribution is 2.35. The van der Waals surface area contributed by atoms with Crippen molar-refractivity contribution >= 4 is 35.4 Å². The van der Waals surface area contributed by atoms with Gasteiger partial charge < -0.3 is 20.4 Å². The Balaban J connectivity index is 1.26. The number of piperazine rings is 1. The van der Waals surface area contributed by atoms with Gasteiger partial charge in [0.1, 0.15) is 17.4 Å². The fourth-order valence-corrected chi connectivity index (χ4v) is 6.63. The zero-order chi connectivity index (χ0) is 31.0. The smallest absolute Gasteiger partial charge is 0.327 e. The molecular formula is C33H33ClFN5O4. The van der Waals surface area contributed by atoms with Crippen LogP contribution in [0.25, 0.3) is 0 Å². The van der Waals surface area contributed by atoms with E-state index in [1.165, 1.54) is 24.1 Å². The first-order valence-electron chi connectivity index (χ1n) is 14.6. The van der Waals surface area contributed by atoms with E-state index in [0.717, 1.165) is 21.6 Å². The number of likely N-dealkylation sites (N-methyl/N-ethyl adjacent to an activating group) is 1. The van der Waals surface area contributed by atoms with E-state index in [4.69, 9.17) is 11.6 Å². The van der Waals surface area contributed by atoms with Gasteiger partial charge in [-0.1, -0.05) is 60.1 Å². The van der Waals surface area contributed by atoms with Crippen LogP contribution in [-0.2, 0) is 40.2 Å². The normalized spacial score (nSPS) is 22.0. The van der Waals surface area contributed by atoms with E-state index in [1.807, 2.05) is 36.4 Å². The minimum Gasteiger partial charge on any atom is -0.343 e. The maximum atomic E-state index is 14.3. The number of carbonyl (C=O) groups is 4. The van der Waals surface area contributed by atoms with Crippen LogP contribution in [0.1, 0.15) is 22.3 Å². The number of imide groups is 1. The number of hydrogen-bond acceptors (Lipinski definition) is 5. The Labute approximate surface area is 259 Å².